The number of tetrazole rings is 1. The van der Waals surface area contributed by atoms with Gasteiger partial charge < -0.3 is 5.32 Å². The molecule has 0 aliphatic rings. The van der Waals surface area contributed by atoms with E-state index in [1.165, 1.54) is 11.8 Å². The third kappa shape index (κ3) is 4.52. The Hall–Kier alpha value is -3.45. The summed E-state index contributed by atoms with van der Waals surface area (Å²) in [4.78, 5) is 12.6. The molecule has 7 heteroatoms. The minimum absolute atomic E-state index is 0.114. The van der Waals surface area contributed by atoms with E-state index in [0.29, 0.717) is 5.16 Å². The van der Waals surface area contributed by atoms with Crippen molar-refractivity contribution in [3.63, 3.8) is 0 Å². The van der Waals surface area contributed by atoms with E-state index >= 15 is 0 Å². The number of aromatic nitrogens is 4. The molecule has 0 saturated carbocycles. The van der Waals surface area contributed by atoms with Crippen molar-refractivity contribution in [2.75, 3.05) is 11.1 Å². The summed E-state index contributed by atoms with van der Waals surface area (Å²) in [6, 6.07) is 25.6. The van der Waals surface area contributed by atoms with Crippen molar-refractivity contribution >= 4 is 23.4 Å². The largest absolute Gasteiger partial charge is 0.325 e. The van der Waals surface area contributed by atoms with Gasteiger partial charge in [-0.3, -0.25) is 4.79 Å². The Labute approximate surface area is 173 Å². The van der Waals surface area contributed by atoms with Crippen LogP contribution in [0.25, 0.3) is 16.8 Å². The lowest BCUT2D eigenvalue weighted by Crippen LogP contribution is -2.15. The number of thioether (sulfide) groups is 1. The predicted molar refractivity (Wildman–Crippen MR) is 115 cm³/mol. The Kier molecular flexibility index (Phi) is 5.67. The van der Waals surface area contributed by atoms with Crippen LogP contribution in [-0.2, 0) is 4.79 Å². The van der Waals surface area contributed by atoms with Gasteiger partial charge in [-0.1, -0.05) is 78.0 Å². The minimum Gasteiger partial charge on any atom is -0.325 e. The molecular weight excluding hydrogens is 382 g/mol. The zero-order valence-corrected chi connectivity index (χ0v) is 16.6. The third-order valence-corrected chi connectivity index (χ3v) is 5.26. The van der Waals surface area contributed by atoms with E-state index in [4.69, 9.17) is 0 Å². The van der Waals surface area contributed by atoms with Crippen LogP contribution in [0.15, 0.2) is 84.0 Å². The molecule has 3 aromatic carbocycles. The van der Waals surface area contributed by atoms with Gasteiger partial charge in [0.05, 0.1) is 11.4 Å². The SMILES string of the molecule is Cc1ccc(-n2nnnc2SCC(=O)Nc2ccccc2-c2ccccc2)cc1. The van der Waals surface area contributed by atoms with E-state index < -0.39 is 0 Å². The summed E-state index contributed by atoms with van der Waals surface area (Å²) in [6.45, 7) is 2.02. The van der Waals surface area contributed by atoms with Gasteiger partial charge in [-0.15, -0.1) is 5.10 Å². The van der Waals surface area contributed by atoms with Crippen LogP contribution in [0.3, 0.4) is 0 Å². The Morgan fingerprint density at radius 1 is 0.966 bits per heavy atom. The highest BCUT2D eigenvalue weighted by Gasteiger charge is 2.13. The summed E-state index contributed by atoms with van der Waals surface area (Å²) in [5, 5.41) is 15.4. The number of amides is 1. The van der Waals surface area contributed by atoms with Gasteiger partial charge in [0, 0.05) is 11.3 Å². The lowest BCUT2D eigenvalue weighted by Gasteiger charge is -2.11. The zero-order chi connectivity index (χ0) is 20.1. The molecule has 0 unspecified atom stereocenters. The van der Waals surface area contributed by atoms with Gasteiger partial charge in [-0.2, -0.15) is 4.68 Å². The van der Waals surface area contributed by atoms with Gasteiger partial charge in [0.25, 0.3) is 0 Å². The molecule has 0 fully saturated rings. The average Bonchev–Trinajstić information content (AvgIpc) is 3.22. The van der Waals surface area contributed by atoms with Crippen LogP contribution in [-0.4, -0.2) is 31.9 Å². The smallest absolute Gasteiger partial charge is 0.234 e. The van der Waals surface area contributed by atoms with E-state index in [2.05, 4.69) is 20.8 Å². The van der Waals surface area contributed by atoms with Crippen molar-refractivity contribution in [2.45, 2.75) is 12.1 Å². The van der Waals surface area contributed by atoms with Crippen molar-refractivity contribution in [2.24, 2.45) is 0 Å². The van der Waals surface area contributed by atoms with Crippen LogP contribution >= 0.6 is 11.8 Å². The van der Waals surface area contributed by atoms with Gasteiger partial charge in [-0.05, 0) is 41.1 Å². The highest BCUT2D eigenvalue weighted by Crippen LogP contribution is 2.28. The summed E-state index contributed by atoms with van der Waals surface area (Å²) in [5.41, 5.74) is 4.84. The molecule has 6 nitrogen and oxygen atoms in total. The first-order chi connectivity index (χ1) is 14.2. The topological polar surface area (TPSA) is 72.7 Å². The first-order valence-electron chi connectivity index (χ1n) is 9.13. The molecule has 0 aliphatic heterocycles. The van der Waals surface area contributed by atoms with Gasteiger partial charge in [0.2, 0.25) is 11.1 Å². The number of hydrogen-bond acceptors (Lipinski definition) is 5. The van der Waals surface area contributed by atoms with Crippen molar-refractivity contribution in [3.05, 3.63) is 84.4 Å². The molecule has 1 amide bonds. The van der Waals surface area contributed by atoms with Gasteiger partial charge in [-0.25, -0.2) is 0 Å². The maximum atomic E-state index is 12.6. The lowest BCUT2D eigenvalue weighted by atomic mass is 10.0. The molecule has 0 bridgehead atoms. The Balaban J connectivity index is 1.45. The fourth-order valence-electron chi connectivity index (χ4n) is 2.89. The molecule has 1 N–H and O–H groups in total. The summed E-state index contributed by atoms with van der Waals surface area (Å²) in [5.74, 6) is 0.0897. The second kappa shape index (κ2) is 8.70. The Morgan fingerprint density at radius 2 is 1.69 bits per heavy atom. The molecule has 144 valence electrons. The number of carbonyl (C=O) groups is 1. The number of rotatable bonds is 6. The number of anilines is 1. The fraction of sp³-hybridized carbons (Fsp3) is 0.0909. The predicted octanol–water partition coefficient (Wildman–Crippen LogP) is 4.37. The Bertz CT molecular complexity index is 1110. The van der Waals surface area contributed by atoms with E-state index in [1.54, 1.807) is 4.68 Å². The third-order valence-electron chi connectivity index (χ3n) is 4.34. The standard InChI is InChI=1S/C22H19N5OS/c1-16-11-13-18(14-12-16)27-22(24-25-26-27)29-15-21(28)23-20-10-6-5-9-19(20)17-7-3-2-4-8-17/h2-14H,15H2,1H3,(H,23,28). The number of aryl methyl sites for hydroxylation is 1. The van der Waals surface area contributed by atoms with Crippen LogP contribution in [0, 0.1) is 6.92 Å². The van der Waals surface area contributed by atoms with Crippen molar-refractivity contribution in [1.29, 1.82) is 0 Å². The van der Waals surface area contributed by atoms with Gasteiger partial charge in [0.15, 0.2) is 0 Å². The van der Waals surface area contributed by atoms with Crippen molar-refractivity contribution in [1.82, 2.24) is 20.2 Å². The van der Waals surface area contributed by atoms with E-state index in [1.807, 2.05) is 85.8 Å². The molecule has 0 aliphatic carbocycles. The van der Waals surface area contributed by atoms with E-state index in [9.17, 15) is 4.79 Å². The maximum Gasteiger partial charge on any atom is 0.234 e. The monoisotopic (exact) mass is 401 g/mol. The number of nitrogens with one attached hydrogen (secondary N) is 1. The van der Waals surface area contributed by atoms with E-state index in [0.717, 1.165) is 28.1 Å². The lowest BCUT2D eigenvalue weighted by molar-refractivity contribution is -0.113. The Morgan fingerprint density at radius 3 is 2.48 bits per heavy atom. The summed E-state index contributed by atoms with van der Waals surface area (Å²) in [7, 11) is 0. The molecule has 0 spiro atoms. The van der Waals surface area contributed by atoms with Crippen LogP contribution in [0.4, 0.5) is 5.69 Å². The number of benzene rings is 3. The van der Waals surface area contributed by atoms with Crippen molar-refractivity contribution in [3.8, 4) is 16.8 Å². The summed E-state index contributed by atoms with van der Waals surface area (Å²) in [6.07, 6.45) is 0. The molecule has 0 atom stereocenters. The normalized spacial score (nSPS) is 10.7. The quantitative estimate of drug-likeness (QED) is 0.486. The molecular formula is C22H19N5OS. The molecule has 29 heavy (non-hydrogen) atoms. The number of nitrogens with zero attached hydrogens (tertiary/aromatic N) is 4. The van der Waals surface area contributed by atoms with Crippen molar-refractivity contribution < 1.29 is 4.79 Å². The number of hydrogen-bond donors (Lipinski definition) is 1. The fourth-order valence-corrected chi connectivity index (χ4v) is 3.59. The molecule has 0 radical (unpaired) electrons. The number of carbonyl (C=O) groups excluding carboxylic acids is 1. The van der Waals surface area contributed by atoms with Crippen LogP contribution < -0.4 is 5.32 Å². The summed E-state index contributed by atoms with van der Waals surface area (Å²) < 4.78 is 1.63. The molecule has 1 aromatic heterocycles. The molecule has 4 aromatic rings. The van der Waals surface area contributed by atoms with Crippen LogP contribution in [0.2, 0.25) is 0 Å². The summed E-state index contributed by atoms with van der Waals surface area (Å²) >= 11 is 1.30. The highest BCUT2D eigenvalue weighted by atomic mass is 32.2. The van der Waals surface area contributed by atoms with E-state index in [-0.39, 0.29) is 11.7 Å². The van der Waals surface area contributed by atoms with Gasteiger partial charge >= 0.3 is 0 Å². The first kappa shape index (κ1) is 18.9. The van der Waals surface area contributed by atoms with Crippen LogP contribution in [0.5, 0.6) is 0 Å². The first-order valence-corrected chi connectivity index (χ1v) is 10.1. The maximum absolute atomic E-state index is 12.6. The molecule has 0 saturated heterocycles. The minimum atomic E-state index is -0.114. The van der Waals surface area contributed by atoms with Crippen LogP contribution in [0.1, 0.15) is 5.56 Å². The second-order valence-corrected chi connectivity index (χ2v) is 7.40. The molecule has 1 heterocycles. The molecule has 4 rings (SSSR count). The highest BCUT2D eigenvalue weighted by molar-refractivity contribution is 7.99. The zero-order valence-electron chi connectivity index (χ0n) is 15.8. The van der Waals surface area contributed by atoms with Gasteiger partial charge in [0.1, 0.15) is 0 Å². The number of para-hydroxylation sites is 1. The average molecular weight is 401 g/mol. The second-order valence-electron chi connectivity index (χ2n) is 6.46.